The maximum absolute atomic E-state index is 10.6. The topological polar surface area (TPSA) is 95.6 Å². The van der Waals surface area contributed by atoms with Gasteiger partial charge in [0, 0.05) is 12.5 Å². The van der Waals surface area contributed by atoms with Crippen LogP contribution in [0.25, 0.3) is 0 Å². The fraction of sp³-hybridized carbons (Fsp3) is 0.900. The zero-order valence-electron chi connectivity index (χ0n) is 9.23. The lowest BCUT2D eigenvalue weighted by Crippen LogP contribution is -2.59. The zero-order chi connectivity index (χ0) is 11.6. The van der Waals surface area contributed by atoms with E-state index in [9.17, 15) is 9.90 Å². The lowest BCUT2D eigenvalue weighted by molar-refractivity contribution is -0.144. The highest BCUT2D eigenvalue weighted by Gasteiger charge is 2.40. The normalized spacial score (nSPS) is 36.9. The number of nitrogens with two attached hydrogens (primary N) is 1. The molecule has 0 aromatic carbocycles. The molecule has 0 radical (unpaired) electrons. The molecule has 0 saturated carbocycles. The molecule has 0 aromatic rings. The number of hydrogen-bond acceptors (Lipinski definition) is 4. The van der Waals surface area contributed by atoms with Gasteiger partial charge in [0.05, 0.1) is 18.2 Å². The van der Waals surface area contributed by atoms with E-state index in [-0.39, 0.29) is 18.6 Å². The number of aliphatic hydroxyl groups is 1. The largest absolute Gasteiger partial charge is 0.481 e. The average molecular weight is 216 g/mol. The maximum Gasteiger partial charge on any atom is 0.306 e. The Balaban J connectivity index is 2.69. The van der Waals surface area contributed by atoms with Crippen molar-refractivity contribution in [2.75, 3.05) is 0 Å². The molecule has 3 unspecified atom stereocenters. The summed E-state index contributed by atoms with van der Waals surface area (Å²) in [4.78, 5) is 10.6. The third-order valence-electron chi connectivity index (χ3n) is 2.91. The van der Waals surface area contributed by atoms with Gasteiger partial charge in [0.1, 0.15) is 0 Å². The summed E-state index contributed by atoms with van der Waals surface area (Å²) in [6.45, 7) is 4.05. The number of carboxylic acids is 1. The second-order valence-corrected chi connectivity index (χ2v) is 4.83. The van der Waals surface area contributed by atoms with E-state index >= 15 is 0 Å². The number of nitrogens with one attached hydrogen (secondary N) is 1. The number of carbonyl (C=O) groups is 1. The molecule has 0 amide bonds. The number of piperidine rings is 1. The van der Waals surface area contributed by atoms with Crippen molar-refractivity contribution in [1.82, 2.24) is 5.32 Å². The Labute approximate surface area is 89.7 Å². The highest BCUT2D eigenvalue weighted by molar-refractivity contribution is 5.68. The van der Waals surface area contributed by atoms with E-state index in [2.05, 4.69) is 5.32 Å². The van der Waals surface area contributed by atoms with Crippen LogP contribution in [0.4, 0.5) is 0 Å². The van der Waals surface area contributed by atoms with Gasteiger partial charge < -0.3 is 15.9 Å². The van der Waals surface area contributed by atoms with E-state index in [0.717, 1.165) is 0 Å². The number of rotatable bonds is 3. The van der Waals surface area contributed by atoms with Crippen LogP contribution in [0.2, 0.25) is 0 Å². The van der Waals surface area contributed by atoms with Crippen LogP contribution in [-0.2, 0) is 4.79 Å². The van der Waals surface area contributed by atoms with Gasteiger partial charge in [0.15, 0.2) is 0 Å². The Bertz CT molecular complexity index is 245. The average Bonchev–Trinajstić information content (AvgIpc) is 1.98. The van der Waals surface area contributed by atoms with Crippen molar-refractivity contribution in [1.29, 1.82) is 0 Å². The molecular formula is C10H20N2O3. The molecular weight excluding hydrogens is 196 g/mol. The van der Waals surface area contributed by atoms with Crippen LogP contribution in [0.15, 0.2) is 0 Å². The fourth-order valence-corrected chi connectivity index (χ4v) is 2.15. The number of aliphatic carboxylic acids is 1. The smallest absolute Gasteiger partial charge is 0.306 e. The summed E-state index contributed by atoms with van der Waals surface area (Å²) in [5.41, 5.74) is 4.59. The molecule has 1 fully saturated rings. The summed E-state index contributed by atoms with van der Waals surface area (Å²) in [5, 5.41) is 22.0. The van der Waals surface area contributed by atoms with Gasteiger partial charge in [0.2, 0.25) is 0 Å². The van der Waals surface area contributed by atoms with Gasteiger partial charge in [0.25, 0.3) is 0 Å². The van der Waals surface area contributed by atoms with Crippen molar-refractivity contribution in [2.24, 2.45) is 11.7 Å². The number of carboxylic acid groups (broad SMARTS) is 1. The van der Waals surface area contributed by atoms with Gasteiger partial charge in [-0.1, -0.05) is 13.8 Å². The molecule has 5 nitrogen and oxygen atoms in total. The van der Waals surface area contributed by atoms with Crippen molar-refractivity contribution >= 4 is 5.97 Å². The summed E-state index contributed by atoms with van der Waals surface area (Å²) in [6.07, 6.45) is 0.189. The van der Waals surface area contributed by atoms with Gasteiger partial charge in [-0.2, -0.15) is 0 Å². The van der Waals surface area contributed by atoms with Crippen molar-refractivity contribution in [3.63, 3.8) is 0 Å². The first-order valence-electron chi connectivity index (χ1n) is 5.28. The third-order valence-corrected chi connectivity index (χ3v) is 2.91. The first kappa shape index (κ1) is 12.4. The standard InChI is InChI=1S/C10H20N2O3/c1-6(2)7-3-10(15,5-9(13)14)4-8(11)12-7/h6-8,12,15H,3-5,11H2,1-2H3,(H,13,14). The van der Waals surface area contributed by atoms with E-state index < -0.39 is 11.6 Å². The Morgan fingerprint density at radius 2 is 2.20 bits per heavy atom. The molecule has 88 valence electrons. The van der Waals surface area contributed by atoms with Crippen LogP contribution in [0.5, 0.6) is 0 Å². The van der Waals surface area contributed by atoms with Crippen LogP contribution >= 0.6 is 0 Å². The predicted molar refractivity (Wildman–Crippen MR) is 56.2 cm³/mol. The summed E-state index contributed by atoms with van der Waals surface area (Å²) in [5.74, 6) is -0.647. The van der Waals surface area contributed by atoms with E-state index in [1.54, 1.807) is 0 Å². The SMILES string of the molecule is CC(C)C1CC(O)(CC(=O)O)CC(N)N1. The lowest BCUT2D eigenvalue weighted by atomic mass is 9.80. The van der Waals surface area contributed by atoms with E-state index in [1.165, 1.54) is 0 Å². The molecule has 5 N–H and O–H groups in total. The summed E-state index contributed by atoms with van der Waals surface area (Å²) in [6, 6.07) is 0.0816. The summed E-state index contributed by atoms with van der Waals surface area (Å²) in [7, 11) is 0. The highest BCUT2D eigenvalue weighted by atomic mass is 16.4. The highest BCUT2D eigenvalue weighted by Crippen LogP contribution is 2.29. The second kappa shape index (κ2) is 4.47. The summed E-state index contributed by atoms with van der Waals surface area (Å²) < 4.78 is 0. The first-order chi connectivity index (χ1) is 6.82. The Kier molecular flexibility index (Phi) is 3.70. The molecule has 1 aliphatic rings. The Hall–Kier alpha value is -0.650. The Morgan fingerprint density at radius 3 is 2.67 bits per heavy atom. The van der Waals surface area contributed by atoms with Crippen LogP contribution < -0.4 is 11.1 Å². The van der Waals surface area contributed by atoms with Crippen molar-refractivity contribution < 1.29 is 15.0 Å². The third kappa shape index (κ3) is 3.44. The number of hydrogen-bond donors (Lipinski definition) is 4. The molecule has 0 aromatic heterocycles. The van der Waals surface area contributed by atoms with Crippen LogP contribution in [0.1, 0.15) is 33.1 Å². The summed E-state index contributed by atoms with van der Waals surface area (Å²) >= 11 is 0. The molecule has 5 heteroatoms. The van der Waals surface area contributed by atoms with Gasteiger partial charge >= 0.3 is 5.97 Å². The van der Waals surface area contributed by atoms with Gasteiger partial charge in [-0.15, -0.1) is 0 Å². The van der Waals surface area contributed by atoms with Crippen LogP contribution in [0, 0.1) is 5.92 Å². The van der Waals surface area contributed by atoms with Crippen molar-refractivity contribution in [2.45, 2.75) is 50.9 Å². The fourth-order valence-electron chi connectivity index (χ4n) is 2.15. The molecule has 0 spiro atoms. The maximum atomic E-state index is 10.6. The van der Waals surface area contributed by atoms with Gasteiger partial charge in [-0.05, 0) is 12.3 Å². The van der Waals surface area contributed by atoms with E-state index in [4.69, 9.17) is 10.8 Å². The van der Waals surface area contributed by atoms with Crippen LogP contribution in [0.3, 0.4) is 0 Å². The minimum atomic E-state index is -1.16. The molecule has 3 atom stereocenters. The molecule has 15 heavy (non-hydrogen) atoms. The lowest BCUT2D eigenvalue weighted by Gasteiger charge is -2.41. The van der Waals surface area contributed by atoms with Gasteiger partial charge in [-0.25, -0.2) is 0 Å². The molecule has 0 bridgehead atoms. The van der Waals surface area contributed by atoms with Crippen molar-refractivity contribution in [3.05, 3.63) is 0 Å². The minimum absolute atomic E-state index is 0.0816. The minimum Gasteiger partial charge on any atom is -0.481 e. The molecule has 0 aliphatic carbocycles. The predicted octanol–water partition coefficient (Wildman–Crippen LogP) is -0.115. The van der Waals surface area contributed by atoms with E-state index in [0.29, 0.717) is 18.8 Å². The molecule has 1 rings (SSSR count). The monoisotopic (exact) mass is 216 g/mol. The Morgan fingerprint density at radius 1 is 1.60 bits per heavy atom. The zero-order valence-corrected chi connectivity index (χ0v) is 9.23. The van der Waals surface area contributed by atoms with E-state index in [1.807, 2.05) is 13.8 Å². The molecule has 1 saturated heterocycles. The quantitative estimate of drug-likeness (QED) is 0.528. The molecule has 1 heterocycles. The van der Waals surface area contributed by atoms with Crippen molar-refractivity contribution in [3.8, 4) is 0 Å². The van der Waals surface area contributed by atoms with Crippen LogP contribution in [-0.4, -0.2) is 34.0 Å². The molecule has 1 aliphatic heterocycles. The first-order valence-corrected chi connectivity index (χ1v) is 5.28. The van der Waals surface area contributed by atoms with Gasteiger partial charge in [-0.3, -0.25) is 10.1 Å². The second-order valence-electron chi connectivity index (χ2n) is 4.83.